The number of allylic oxidation sites excluding steroid dienone is 3. The Balaban J connectivity index is 1.52. The van der Waals surface area contributed by atoms with Crippen LogP contribution in [0.2, 0.25) is 0 Å². The lowest BCUT2D eigenvalue weighted by Crippen LogP contribution is -2.55. The minimum Gasteiger partial charge on any atom is -0.491 e. The molecule has 4 nitrogen and oxygen atoms in total. The third kappa shape index (κ3) is 6.19. The van der Waals surface area contributed by atoms with Gasteiger partial charge < -0.3 is 14.9 Å². The zero-order valence-corrected chi connectivity index (χ0v) is 18.5. The first-order valence-corrected chi connectivity index (χ1v) is 11.4. The summed E-state index contributed by atoms with van der Waals surface area (Å²) in [5.74, 6) is 1.87. The third-order valence-electron chi connectivity index (χ3n) is 7.32. The molecule has 0 aromatic heterocycles. The van der Waals surface area contributed by atoms with Crippen molar-refractivity contribution in [2.24, 2.45) is 29.1 Å². The van der Waals surface area contributed by atoms with Crippen LogP contribution in [0, 0.1) is 34.9 Å². The van der Waals surface area contributed by atoms with Crippen LogP contribution in [0.1, 0.15) is 52.4 Å². The van der Waals surface area contributed by atoms with Gasteiger partial charge in [-0.25, -0.2) is 4.39 Å². The highest BCUT2D eigenvalue weighted by atomic mass is 19.1. The highest BCUT2D eigenvalue weighted by molar-refractivity contribution is 5.66. The molecule has 3 aliphatic carbocycles. The predicted molar refractivity (Wildman–Crippen MR) is 119 cm³/mol. The monoisotopic (exact) mass is 430 g/mol. The largest absolute Gasteiger partial charge is 0.491 e. The molecule has 0 amide bonds. The number of aliphatic hydroxyl groups is 1. The second-order valence-corrected chi connectivity index (χ2v) is 9.63. The smallest absolute Gasteiger partial charge is 0.303 e. The summed E-state index contributed by atoms with van der Waals surface area (Å²) in [5.41, 5.74) is 0.371. The predicted octanol–water partition coefficient (Wildman–Crippen LogP) is 5.62. The standard InChI is InChI=1S/C26H35FO4/c1-26(2)19-15-18(9-12-21(28)17-31-22-13-10-20(27)11-14-22)23(24(26)16-19)7-5-3-4-6-8-25(29)30/h3,5,9-14,18-19,21,23-24,28H,4,6-8,15-17H2,1-2H3,(H,29,30)/t18?,19-,21+,23+,24?/m0/s1. The summed E-state index contributed by atoms with van der Waals surface area (Å²) in [6.45, 7) is 4.89. The number of fused-ring (bicyclic) bond motifs is 2. The van der Waals surface area contributed by atoms with Gasteiger partial charge in [-0.05, 0) is 85.5 Å². The summed E-state index contributed by atoms with van der Waals surface area (Å²) in [6.07, 6.45) is 12.7. The van der Waals surface area contributed by atoms with Gasteiger partial charge in [0.1, 0.15) is 24.3 Å². The van der Waals surface area contributed by atoms with Crippen molar-refractivity contribution in [2.75, 3.05) is 6.61 Å². The van der Waals surface area contributed by atoms with E-state index < -0.39 is 12.1 Å². The van der Waals surface area contributed by atoms with Gasteiger partial charge in [0.25, 0.3) is 0 Å². The lowest BCUT2D eigenvalue weighted by molar-refractivity contribution is -0.137. The molecule has 1 aromatic rings. The average molecular weight is 431 g/mol. The number of halogens is 1. The van der Waals surface area contributed by atoms with Crippen LogP contribution in [0.5, 0.6) is 5.75 Å². The van der Waals surface area contributed by atoms with Crippen molar-refractivity contribution in [1.29, 1.82) is 0 Å². The van der Waals surface area contributed by atoms with Gasteiger partial charge in [-0.15, -0.1) is 0 Å². The molecule has 0 radical (unpaired) electrons. The number of unbranched alkanes of at least 4 members (excludes halogenated alkanes) is 1. The Morgan fingerprint density at radius 2 is 2.00 bits per heavy atom. The number of hydrogen-bond acceptors (Lipinski definition) is 3. The second-order valence-electron chi connectivity index (χ2n) is 9.63. The molecule has 2 bridgehead atoms. The Kier molecular flexibility index (Phi) is 7.93. The first kappa shape index (κ1) is 23.5. The van der Waals surface area contributed by atoms with E-state index in [1.165, 1.54) is 18.6 Å². The molecular weight excluding hydrogens is 395 g/mol. The summed E-state index contributed by atoms with van der Waals surface area (Å²) in [7, 11) is 0. The van der Waals surface area contributed by atoms with Gasteiger partial charge in [0.15, 0.2) is 0 Å². The van der Waals surface area contributed by atoms with Gasteiger partial charge in [0.05, 0.1) is 0 Å². The molecule has 5 heteroatoms. The molecule has 4 rings (SSSR count). The molecule has 2 N–H and O–H groups in total. The molecule has 1 aromatic carbocycles. The van der Waals surface area contributed by atoms with Gasteiger partial charge in [-0.1, -0.05) is 38.2 Å². The van der Waals surface area contributed by atoms with E-state index in [0.29, 0.717) is 35.3 Å². The zero-order chi connectivity index (χ0) is 22.4. The molecule has 3 aliphatic rings. The first-order valence-electron chi connectivity index (χ1n) is 11.4. The number of rotatable bonds is 11. The van der Waals surface area contributed by atoms with Crippen LogP contribution in [0.15, 0.2) is 48.6 Å². The van der Waals surface area contributed by atoms with Gasteiger partial charge >= 0.3 is 5.97 Å². The fourth-order valence-electron chi connectivity index (χ4n) is 5.33. The van der Waals surface area contributed by atoms with E-state index in [9.17, 15) is 14.3 Å². The van der Waals surface area contributed by atoms with Crippen molar-refractivity contribution in [1.82, 2.24) is 0 Å². The van der Waals surface area contributed by atoms with E-state index in [1.807, 2.05) is 6.08 Å². The zero-order valence-electron chi connectivity index (χ0n) is 18.5. The number of ether oxygens (including phenoxy) is 1. The molecule has 3 fully saturated rings. The maximum Gasteiger partial charge on any atom is 0.303 e. The first-order chi connectivity index (χ1) is 14.8. The van der Waals surface area contributed by atoms with Gasteiger partial charge in [-0.2, -0.15) is 0 Å². The number of carboxylic acid groups (broad SMARTS) is 1. The van der Waals surface area contributed by atoms with Crippen molar-refractivity contribution in [3.63, 3.8) is 0 Å². The summed E-state index contributed by atoms with van der Waals surface area (Å²) < 4.78 is 18.5. The molecule has 0 aliphatic heterocycles. The maximum atomic E-state index is 13.0. The fourth-order valence-corrected chi connectivity index (χ4v) is 5.33. The Morgan fingerprint density at radius 3 is 2.68 bits per heavy atom. The molecule has 0 spiro atoms. The molecule has 0 heterocycles. The van der Waals surface area contributed by atoms with Crippen LogP contribution in [0.4, 0.5) is 4.39 Å². The molecule has 0 saturated heterocycles. The van der Waals surface area contributed by atoms with Crippen molar-refractivity contribution >= 4 is 5.97 Å². The Morgan fingerprint density at radius 1 is 1.26 bits per heavy atom. The van der Waals surface area contributed by atoms with E-state index in [0.717, 1.165) is 25.2 Å². The highest BCUT2D eigenvalue weighted by Gasteiger charge is 2.56. The number of carboxylic acids is 1. The molecule has 31 heavy (non-hydrogen) atoms. The van der Waals surface area contributed by atoms with Gasteiger partial charge in [-0.3, -0.25) is 4.79 Å². The fraction of sp³-hybridized carbons (Fsp3) is 0.577. The Bertz CT molecular complexity index is 783. The minimum atomic E-state index is -0.741. The Labute approximate surface area is 184 Å². The molecule has 5 atom stereocenters. The van der Waals surface area contributed by atoms with Gasteiger partial charge in [0.2, 0.25) is 0 Å². The second kappa shape index (κ2) is 10.4. The van der Waals surface area contributed by atoms with Crippen LogP contribution < -0.4 is 4.74 Å². The SMILES string of the molecule is CC1(C)C2C[C@@H]1CC(C=C[C@@H](O)COc1ccc(F)cc1)[C@H]2CC=CCCCC(=O)O. The summed E-state index contributed by atoms with van der Waals surface area (Å²) in [6, 6.07) is 5.80. The van der Waals surface area contributed by atoms with E-state index >= 15 is 0 Å². The van der Waals surface area contributed by atoms with Crippen molar-refractivity contribution in [3.8, 4) is 5.75 Å². The van der Waals surface area contributed by atoms with Crippen LogP contribution >= 0.6 is 0 Å². The van der Waals surface area contributed by atoms with E-state index in [4.69, 9.17) is 9.84 Å². The van der Waals surface area contributed by atoms with E-state index in [-0.39, 0.29) is 18.8 Å². The van der Waals surface area contributed by atoms with Crippen LogP contribution in [0.25, 0.3) is 0 Å². The normalized spacial score (nSPS) is 27.9. The molecule has 2 unspecified atom stereocenters. The maximum absolute atomic E-state index is 13.0. The van der Waals surface area contributed by atoms with Crippen LogP contribution in [-0.2, 0) is 4.79 Å². The topological polar surface area (TPSA) is 66.8 Å². The van der Waals surface area contributed by atoms with Crippen LogP contribution in [-0.4, -0.2) is 28.9 Å². The number of aliphatic carboxylic acids is 1. The molecule has 170 valence electrons. The van der Waals surface area contributed by atoms with Crippen molar-refractivity contribution < 1.29 is 24.1 Å². The highest BCUT2D eigenvalue weighted by Crippen LogP contribution is 2.64. The van der Waals surface area contributed by atoms with Crippen molar-refractivity contribution in [2.45, 2.75) is 58.5 Å². The third-order valence-corrected chi connectivity index (χ3v) is 7.32. The summed E-state index contributed by atoms with van der Waals surface area (Å²) in [4.78, 5) is 10.6. The molecular formula is C26H35FO4. The number of hydrogen-bond donors (Lipinski definition) is 2. The summed E-state index contributed by atoms with van der Waals surface area (Å²) in [5, 5.41) is 19.1. The van der Waals surface area contributed by atoms with Gasteiger partial charge in [0, 0.05) is 6.42 Å². The number of benzene rings is 1. The number of aliphatic hydroxyl groups excluding tert-OH is 1. The van der Waals surface area contributed by atoms with E-state index in [2.05, 4.69) is 32.1 Å². The number of carbonyl (C=O) groups is 1. The van der Waals surface area contributed by atoms with Crippen LogP contribution in [0.3, 0.4) is 0 Å². The average Bonchev–Trinajstić information content (AvgIpc) is 2.74. The quantitative estimate of drug-likeness (QED) is 0.353. The van der Waals surface area contributed by atoms with Crippen molar-refractivity contribution in [3.05, 3.63) is 54.4 Å². The lowest BCUT2D eigenvalue weighted by atomic mass is 9.43. The minimum absolute atomic E-state index is 0.140. The van der Waals surface area contributed by atoms with E-state index in [1.54, 1.807) is 12.1 Å². The summed E-state index contributed by atoms with van der Waals surface area (Å²) >= 11 is 0. The lowest BCUT2D eigenvalue weighted by Gasteiger charge is -2.62. The molecule has 3 saturated carbocycles. The Hall–Kier alpha value is -2.14.